The van der Waals surface area contributed by atoms with Crippen LogP contribution >= 0.6 is 33.9 Å². The Hall–Kier alpha value is -3.62. The Labute approximate surface area is 304 Å². The molecule has 0 spiro atoms. The van der Waals surface area contributed by atoms with Gasteiger partial charge in [0.05, 0.1) is 21.2 Å². The van der Waals surface area contributed by atoms with Crippen LogP contribution in [0.5, 0.6) is 6.01 Å². The Balaban J connectivity index is 1.26. The molecule has 6 heterocycles. The van der Waals surface area contributed by atoms with Crippen molar-refractivity contribution in [1.82, 2.24) is 25.1 Å². The number of nitrogens with two attached hydrogens (primary N) is 1. The summed E-state index contributed by atoms with van der Waals surface area (Å²) in [5.74, 6) is -0.425. The van der Waals surface area contributed by atoms with Crippen molar-refractivity contribution in [3.63, 3.8) is 0 Å². The number of carbonyl (C=O) groups excluding carboxylic acids is 1. The van der Waals surface area contributed by atoms with Gasteiger partial charge in [0.15, 0.2) is 5.82 Å². The van der Waals surface area contributed by atoms with Gasteiger partial charge in [-0.1, -0.05) is 6.07 Å². The molecule has 50 heavy (non-hydrogen) atoms. The molecule has 0 aliphatic carbocycles. The Kier molecular flexibility index (Phi) is 8.62. The molecule has 3 atom stereocenters. The number of benzene rings is 2. The van der Waals surface area contributed by atoms with Gasteiger partial charge in [0.25, 0.3) is 0 Å². The molecule has 15 heteroatoms. The van der Waals surface area contributed by atoms with Crippen molar-refractivity contribution in [3.05, 3.63) is 38.5 Å². The molecule has 3 fully saturated rings. The summed E-state index contributed by atoms with van der Waals surface area (Å²) in [5.41, 5.74) is 7.34. The molecule has 0 saturated carbocycles. The molecule has 4 aromatic rings. The lowest BCUT2D eigenvalue weighted by molar-refractivity contribution is 0.107. The summed E-state index contributed by atoms with van der Waals surface area (Å²) in [6.07, 6.45) is 3.58. The highest BCUT2D eigenvalue weighted by Gasteiger charge is 2.49. The van der Waals surface area contributed by atoms with E-state index in [0.29, 0.717) is 65.9 Å². The number of alkyl halides is 1. The van der Waals surface area contributed by atoms with Gasteiger partial charge in [-0.25, -0.2) is 18.0 Å². The van der Waals surface area contributed by atoms with Crippen molar-refractivity contribution in [2.75, 3.05) is 63.6 Å². The maximum atomic E-state index is 17.3. The number of amides is 2. The second kappa shape index (κ2) is 12.9. The van der Waals surface area contributed by atoms with E-state index in [2.05, 4.69) is 43.8 Å². The number of anilines is 2. The van der Waals surface area contributed by atoms with Crippen LogP contribution in [0.25, 0.3) is 32.1 Å². The van der Waals surface area contributed by atoms with Gasteiger partial charge in [-0.15, -0.1) is 11.3 Å². The fourth-order valence-electron chi connectivity index (χ4n) is 8.66. The zero-order valence-corrected chi connectivity index (χ0v) is 30.5. The summed E-state index contributed by atoms with van der Waals surface area (Å²) in [5, 5.41) is 13.7. The number of aromatic nitrogens is 2. The zero-order chi connectivity index (χ0) is 34.9. The number of thiophene rings is 1. The molecule has 3 N–H and O–H groups in total. The number of likely N-dealkylation sites (tertiary alicyclic amines) is 1. The second-order valence-electron chi connectivity index (χ2n) is 13.9. The molecular formula is C35H36F3IN8O2S. The minimum Gasteiger partial charge on any atom is -0.461 e. The summed E-state index contributed by atoms with van der Waals surface area (Å²) in [6, 6.07) is 4.78. The zero-order valence-electron chi connectivity index (χ0n) is 27.5. The number of fused-ring (bicyclic) bond motifs is 2. The molecule has 4 aliphatic rings. The molecule has 0 bridgehead atoms. The quantitative estimate of drug-likeness (QED) is 0.220. The average molecular weight is 817 g/mol. The fourth-order valence-corrected chi connectivity index (χ4v) is 10.7. The molecule has 10 nitrogen and oxygen atoms in total. The van der Waals surface area contributed by atoms with Crippen LogP contribution in [0, 0.1) is 32.5 Å². The van der Waals surface area contributed by atoms with Crippen molar-refractivity contribution >= 4 is 71.8 Å². The first-order chi connectivity index (χ1) is 24.1. The lowest BCUT2D eigenvalue weighted by Crippen LogP contribution is -2.47. The van der Waals surface area contributed by atoms with E-state index in [1.807, 2.05) is 4.90 Å². The van der Waals surface area contributed by atoms with Gasteiger partial charge in [-0.3, -0.25) is 4.90 Å². The van der Waals surface area contributed by atoms with Gasteiger partial charge >= 0.3 is 12.0 Å². The summed E-state index contributed by atoms with van der Waals surface area (Å²) in [7, 11) is 1.63. The van der Waals surface area contributed by atoms with E-state index < -0.39 is 23.3 Å². The van der Waals surface area contributed by atoms with Gasteiger partial charge in [0, 0.05) is 60.7 Å². The minimum atomic E-state index is -0.931. The van der Waals surface area contributed by atoms with Gasteiger partial charge < -0.3 is 25.6 Å². The van der Waals surface area contributed by atoms with Crippen LogP contribution in [-0.4, -0.2) is 90.4 Å². The first-order valence-corrected chi connectivity index (χ1v) is 18.9. The smallest absolute Gasteiger partial charge is 0.319 e. The number of piperidine rings is 1. The Morgan fingerprint density at radius 2 is 2.06 bits per heavy atom. The molecule has 8 rings (SSSR count). The van der Waals surface area contributed by atoms with Crippen molar-refractivity contribution in [3.8, 4) is 23.2 Å². The van der Waals surface area contributed by atoms with E-state index in [0.717, 1.165) is 49.1 Å². The average Bonchev–Trinajstić information content (AvgIpc) is 3.76. The molecular weight excluding hydrogens is 780 g/mol. The summed E-state index contributed by atoms with van der Waals surface area (Å²) < 4.78 is 54.1. The highest BCUT2D eigenvalue weighted by molar-refractivity contribution is 14.1. The van der Waals surface area contributed by atoms with E-state index in [-0.39, 0.29) is 56.3 Å². The number of hydrogen-bond acceptors (Lipinski definition) is 9. The predicted octanol–water partition coefficient (Wildman–Crippen LogP) is 6.22. The minimum absolute atomic E-state index is 0.0114. The lowest BCUT2D eigenvalue weighted by atomic mass is 9.91. The maximum Gasteiger partial charge on any atom is 0.319 e. The first kappa shape index (κ1) is 33.5. The van der Waals surface area contributed by atoms with Crippen LogP contribution in [0.3, 0.4) is 0 Å². The highest BCUT2D eigenvalue weighted by Crippen LogP contribution is 2.48. The van der Waals surface area contributed by atoms with E-state index >= 15 is 8.78 Å². The number of urea groups is 1. The van der Waals surface area contributed by atoms with Crippen LogP contribution in [0.2, 0.25) is 0 Å². The van der Waals surface area contributed by atoms with Crippen molar-refractivity contribution in [2.24, 2.45) is 5.92 Å². The molecule has 2 aromatic heterocycles. The van der Waals surface area contributed by atoms with Gasteiger partial charge in [-0.05, 0) is 84.4 Å². The van der Waals surface area contributed by atoms with Crippen molar-refractivity contribution in [1.29, 1.82) is 5.26 Å². The van der Waals surface area contributed by atoms with Crippen LogP contribution in [0.15, 0.2) is 12.1 Å². The predicted molar refractivity (Wildman–Crippen MR) is 195 cm³/mol. The third-order valence-electron chi connectivity index (χ3n) is 10.9. The SMILES string of the molecule is CNC(=O)N1CCCC(CN2CCc3c(I)c(-c4ccc(F)c5sc(N)c(C#N)c45)c(F)c4nc(OC[C@@]56CCCN5C[C@H](F)C6)nc2c34)C1. The number of carbonyl (C=O) groups is 1. The molecule has 1 unspecified atom stereocenters. The second-order valence-corrected chi connectivity index (χ2v) is 16.0. The molecule has 3 saturated heterocycles. The lowest BCUT2D eigenvalue weighted by Gasteiger charge is -2.38. The van der Waals surface area contributed by atoms with Gasteiger partial charge in [-0.2, -0.15) is 15.2 Å². The van der Waals surface area contributed by atoms with Crippen molar-refractivity contribution < 1.29 is 22.7 Å². The Morgan fingerprint density at radius 3 is 2.86 bits per heavy atom. The number of halogens is 4. The number of nitrogens with zero attached hydrogens (tertiary/aromatic N) is 6. The Morgan fingerprint density at radius 1 is 1.22 bits per heavy atom. The third kappa shape index (κ3) is 5.40. The molecule has 4 aliphatic heterocycles. The number of nitriles is 1. The topological polar surface area (TPSA) is 124 Å². The third-order valence-corrected chi connectivity index (χ3v) is 13.2. The Bertz CT molecular complexity index is 2090. The monoisotopic (exact) mass is 816 g/mol. The molecule has 2 aromatic carbocycles. The summed E-state index contributed by atoms with van der Waals surface area (Å²) in [4.78, 5) is 28.2. The largest absolute Gasteiger partial charge is 0.461 e. The summed E-state index contributed by atoms with van der Waals surface area (Å²) >= 11 is 3.11. The number of nitrogen functional groups attached to an aromatic ring is 1. The number of nitrogens with one attached hydrogen (secondary N) is 1. The van der Waals surface area contributed by atoms with Crippen molar-refractivity contribution in [2.45, 2.75) is 50.2 Å². The van der Waals surface area contributed by atoms with Crippen LogP contribution < -0.4 is 20.7 Å². The van der Waals surface area contributed by atoms with E-state index in [4.69, 9.17) is 20.4 Å². The first-order valence-electron chi connectivity index (χ1n) is 17.0. The highest BCUT2D eigenvalue weighted by atomic mass is 127. The molecule has 262 valence electrons. The normalized spacial score (nSPS) is 23.4. The number of ether oxygens (including phenoxy) is 1. The van der Waals surface area contributed by atoms with E-state index in [1.54, 1.807) is 7.05 Å². The van der Waals surface area contributed by atoms with Gasteiger partial charge in [0.1, 0.15) is 41.0 Å². The van der Waals surface area contributed by atoms with Gasteiger partial charge in [0.2, 0.25) is 0 Å². The molecule has 0 radical (unpaired) electrons. The number of hydrogen-bond donors (Lipinski definition) is 2. The fraction of sp³-hybridized carbons (Fsp3) is 0.486. The standard InChI is InChI=1S/C35H36F3IN8O2S/c1-42-34(48)46-9-2-4-18(15-46)14-45-11-7-21-26-29(43-33(44-32(26)45)49-17-35-8-3-10-47(35)16-19(36)12-35)27(38)25(28(21)39)20-5-6-23(37)30-24(20)22(13-40)31(41)50-30/h5-6,18-19H,2-4,7-12,14-17,41H2,1H3,(H,42,48)/t18?,19-,35+/m1/s1. The number of rotatable bonds is 6. The van der Waals surface area contributed by atoms with Crippen LogP contribution in [0.1, 0.15) is 43.2 Å². The molecule has 2 amide bonds. The van der Waals surface area contributed by atoms with E-state index in [1.165, 1.54) is 12.1 Å². The van der Waals surface area contributed by atoms with Crippen LogP contribution in [0.4, 0.5) is 28.8 Å². The maximum absolute atomic E-state index is 17.3. The summed E-state index contributed by atoms with van der Waals surface area (Å²) in [6.45, 7) is 3.85. The van der Waals surface area contributed by atoms with E-state index in [9.17, 15) is 14.4 Å². The van der Waals surface area contributed by atoms with Crippen LogP contribution in [-0.2, 0) is 6.42 Å².